The molecule has 0 saturated heterocycles. The molecule has 2 N–H and O–H groups in total. The monoisotopic (exact) mass is 350 g/mol. The highest BCUT2D eigenvalue weighted by atomic mass is 79.9. The molecule has 0 radical (unpaired) electrons. The number of nitrogens with one attached hydrogen (secondary N) is 2. The van der Waals surface area contributed by atoms with Crippen molar-refractivity contribution in [1.82, 2.24) is 20.4 Å². The number of benzene rings is 1. The van der Waals surface area contributed by atoms with Gasteiger partial charge in [0.2, 0.25) is 0 Å². The topological polar surface area (TPSA) is 61.0 Å². The summed E-state index contributed by atoms with van der Waals surface area (Å²) in [6.45, 7) is 2.65. The molecule has 1 amide bonds. The van der Waals surface area contributed by atoms with Crippen LogP contribution in [-0.2, 0) is 0 Å². The molecule has 6 heteroatoms. The van der Waals surface area contributed by atoms with Gasteiger partial charge in [0.1, 0.15) is 5.69 Å². The predicted molar refractivity (Wildman–Crippen MR) is 87.2 cm³/mol. The molecule has 2 aromatic rings. The number of nitrogens with zero attached hydrogens (tertiary/aromatic N) is 2. The van der Waals surface area contributed by atoms with Crippen LogP contribution in [0.1, 0.15) is 17.4 Å². The van der Waals surface area contributed by atoms with Crippen molar-refractivity contribution in [2.75, 3.05) is 20.6 Å². The maximum Gasteiger partial charge on any atom is 0.269 e. The van der Waals surface area contributed by atoms with E-state index in [1.807, 2.05) is 38.4 Å². The molecule has 112 valence electrons. The molecule has 1 aromatic heterocycles. The number of halogens is 1. The Bertz CT molecular complexity index is 606. The zero-order chi connectivity index (χ0) is 15.4. The van der Waals surface area contributed by atoms with E-state index in [4.69, 9.17) is 0 Å². The minimum absolute atomic E-state index is 0.139. The van der Waals surface area contributed by atoms with Gasteiger partial charge in [0.25, 0.3) is 5.91 Å². The molecule has 21 heavy (non-hydrogen) atoms. The second-order valence-electron chi connectivity index (χ2n) is 5.20. The number of aromatic amines is 1. The second-order valence-corrected chi connectivity index (χ2v) is 6.11. The lowest BCUT2D eigenvalue weighted by molar-refractivity contribution is 0.0938. The van der Waals surface area contributed by atoms with Gasteiger partial charge in [-0.2, -0.15) is 5.10 Å². The summed E-state index contributed by atoms with van der Waals surface area (Å²) in [7, 11) is 3.97. The van der Waals surface area contributed by atoms with Gasteiger partial charge in [-0.05, 0) is 39.2 Å². The minimum atomic E-state index is -0.139. The quantitative estimate of drug-likeness (QED) is 0.870. The van der Waals surface area contributed by atoms with Crippen LogP contribution in [0.25, 0.3) is 11.3 Å². The van der Waals surface area contributed by atoms with Crippen molar-refractivity contribution in [1.29, 1.82) is 0 Å². The fraction of sp³-hybridized carbons (Fsp3) is 0.333. The number of hydrogen-bond donors (Lipinski definition) is 2. The number of carbonyl (C=O) groups is 1. The first kappa shape index (κ1) is 15.7. The van der Waals surface area contributed by atoms with Crippen LogP contribution in [0.4, 0.5) is 0 Å². The molecule has 0 aliphatic heterocycles. The van der Waals surface area contributed by atoms with E-state index in [0.29, 0.717) is 12.2 Å². The van der Waals surface area contributed by atoms with Gasteiger partial charge in [-0.25, -0.2) is 0 Å². The number of H-pyrrole nitrogens is 1. The van der Waals surface area contributed by atoms with E-state index in [1.165, 1.54) is 0 Å². The van der Waals surface area contributed by atoms with E-state index in [1.54, 1.807) is 6.07 Å². The second kappa shape index (κ2) is 6.87. The molecule has 5 nitrogen and oxygen atoms in total. The van der Waals surface area contributed by atoms with Crippen molar-refractivity contribution in [3.8, 4) is 11.3 Å². The Morgan fingerprint density at radius 1 is 1.38 bits per heavy atom. The molecule has 1 aromatic carbocycles. The Morgan fingerprint density at radius 3 is 2.67 bits per heavy atom. The highest BCUT2D eigenvalue weighted by molar-refractivity contribution is 9.10. The van der Waals surface area contributed by atoms with E-state index in [-0.39, 0.29) is 11.9 Å². The summed E-state index contributed by atoms with van der Waals surface area (Å²) in [5, 5.41) is 9.87. The third-order valence-electron chi connectivity index (χ3n) is 3.40. The zero-order valence-corrected chi connectivity index (χ0v) is 13.9. The van der Waals surface area contributed by atoms with E-state index >= 15 is 0 Å². The van der Waals surface area contributed by atoms with Gasteiger partial charge in [-0.15, -0.1) is 0 Å². The highest BCUT2D eigenvalue weighted by Crippen LogP contribution is 2.20. The van der Waals surface area contributed by atoms with Gasteiger partial charge in [0, 0.05) is 22.6 Å². The first-order valence-corrected chi connectivity index (χ1v) is 7.52. The molecule has 1 unspecified atom stereocenters. The number of aromatic nitrogens is 2. The van der Waals surface area contributed by atoms with Crippen molar-refractivity contribution in [2.24, 2.45) is 0 Å². The van der Waals surface area contributed by atoms with Crippen LogP contribution < -0.4 is 5.32 Å². The molecule has 0 aliphatic carbocycles. The average molecular weight is 351 g/mol. The summed E-state index contributed by atoms with van der Waals surface area (Å²) in [6.07, 6.45) is 0. The Balaban J connectivity index is 2.02. The summed E-state index contributed by atoms with van der Waals surface area (Å²) in [6, 6.07) is 9.85. The van der Waals surface area contributed by atoms with Crippen LogP contribution >= 0.6 is 15.9 Å². The lowest BCUT2D eigenvalue weighted by Gasteiger charge is -2.19. The van der Waals surface area contributed by atoms with Crippen molar-refractivity contribution >= 4 is 21.8 Å². The maximum absolute atomic E-state index is 12.1. The lowest BCUT2D eigenvalue weighted by Crippen LogP contribution is -2.38. The molecule has 2 rings (SSSR count). The minimum Gasteiger partial charge on any atom is -0.349 e. The SMILES string of the molecule is CC(CNC(=O)c1cc(-c2ccc(Br)cc2)n[nH]1)N(C)C. The molecule has 1 heterocycles. The van der Waals surface area contributed by atoms with Gasteiger partial charge in [-0.1, -0.05) is 28.1 Å². The number of carbonyl (C=O) groups excluding carboxylic acids is 1. The van der Waals surface area contributed by atoms with E-state index in [0.717, 1.165) is 15.7 Å². The zero-order valence-electron chi connectivity index (χ0n) is 12.4. The standard InChI is InChI=1S/C15H19BrN4O/c1-10(20(2)3)9-17-15(21)14-8-13(18-19-14)11-4-6-12(16)7-5-11/h4-8,10H,9H2,1-3H3,(H,17,21)(H,18,19). The third kappa shape index (κ3) is 4.15. The molecule has 0 aliphatic rings. The van der Waals surface area contributed by atoms with Crippen molar-refractivity contribution in [2.45, 2.75) is 13.0 Å². The van der Waals surface area contributed by atoms with Crippen molar-refractivity contribution in [3.05, 3.63) is 40.5 Å². The molecular weight excluding hydrogens is 332 g/mol. The summed E-state index contributed by atoms with van der Waals surface area (Å²) in [5.74, 6) is -0.139. The largest absolute Gasteiger partial charge is 0.349 e. The van der Waals surface area contributed by atoms with Crippen LogP contribution in [0.3, 0.4) is 0 Å². The first-order chi connectivity index (χ1) is 9.97. The number of amides is 1. The molecule has 0 spiro atoms. The maximum atomic E-state index is 12.1. The summed E-state index contributed by atoms with van der Waals surface area (Å²) in [5.41, 5.74) is 2.20. The molecular formula is C15H19BrN4O. The summed E-state index contributed by atoms with van der Waals surface area (Å²) < 4.78 is 1.01. The van der Waals surface area contributed by atoms with E-state index in [9.17, 15) is 4.79 Å². The van der Waals surface area contributed by atoms with Crippen LogP contribution in [-0.4, -0.2) is 47.7 Å². The normalized spacial score (nSPS) is 12.4. The molecule has 0 bridgehead atoms. The third-order valence-corrected chi connectivity index (χ3v) is 3.93. The van der Waals surface area contributed by atoms with Crippen molar-refractivity contribution in [3.63, 3.8) is 0 Å². The highest BCUT2D eigenvalue weighted by Gasteiger charge is 2.12. The van der Waals surface area contributed by atoms with Gasteiger partial charge >= 0.3 is 0 Å². The van der Waals surface area contributed by atoms with Gasteiger partial charge in [0.05, 0.1) is 5.69 Å². The van der Waals surface area contributed by atoms with Crippen LogP contribution in [0.15, 0.2) is 34.8 Å². The molecule has 0 saturated carbocycles. The smallest absolute Gasteiger partial charge is 0.269 e. The average Bonchev–Trinajstić information content (AvgIpc) is 2.94. The molecule has 1 atom stereocenters. The van der Waals surface area contributed by atoms with Crippen LogP contribution in [0.5, 0.6) is 0 Å². The van der Waals surface area contributed by atoms with Crippen molar-refractivity contribution < 1.29 is 4.79 Å². The van der Waals surface area contributed by atoms with E-state index < -0.39 is 0 Å². The van der Waals surface area contributed by atoms with Crippen LogP contribution in [0.2, 0.25) is 0 Å². The Hall–Kier alpha value is -1.66. The van der Waals surface area contributed by atoms with Crippen LogP contribution in [0, 0.1) is 0 Å². The van der Waals surface area contributed by atoms with Gasteiger partial charge in [0.15, 0.2) is 0 Å². The summed E-state index contributed by atoms with van der Waals surface area (Å²) in [4.78, 5) is 14.1. The summed E-state index contributed by atoms with van der Waals surface area (Å²) >= 11 is 3.40. The lowest BCUT2D eigenvalue weighted by atomic mass is 10.1. The first-order valence-electron chi connectivity index (χ1n) is 6.73. The Labute approximate surface area is 132 Å². The predicted octanol–water partition coefficient (Wildman–Crippen LogP) is 2.52. The van der Waals surface area contributed by atoms with Gasteiger partial charge in [-0.3, -0.25) is 9.89 Å². The number of likely N-dealkylation sites (N-methyl/N-ethyl adjacent to an activating group) is 1. The fourth-order valence-corrected chi connectivity index (χ4v) is 1.99. The fourth-order valence-electron chi connectivity index (χ4n) is 1.72. The van der Waals surface area contributed by atoms with E-state index in [2.05, 4.69) is 43.3 Å². The number of rotatable bonds is 5. The molecule has 0 fully saturated rings. The Kier molecular flexibility index (Phi) is 5.14. The van der Waals surface area contributed by atoms with Gasteiger partial charge < -0.3 is 10.2 Å². The number of hydrogen-bond acceptors (Lipinski definition) is 3. The Morgan fingerprint density at radius 2 is 2.05 bits per heavy atom.